The summed E-state index contributed by atoms with van der Waals surface area (Å²) in [6.07, 6.45) is 0. The monoisotopic (exact) mass is 207 g/mol. The molecule has 0 atom stereocenters. The van der Waals surface area contributed by atoms with Crippen LogP contribution in [0.1, 0.15) is 0 Å². The van der Waals surface area contributed by atoms with Gasteiger partial charge in [-0.2, -0.15) is 0 Å². The Kier molecular flexibility index (Phi) is 2.73. The minimum absolute atomic E-state index is 0.110. The van der Waals surface area contributed by atoms with Gasteiger partial charge in [-0.3, -0.25) is 10.1 Å². The summed E-state index contributed by atoms with van der Waals surface area (Å²) in [5.74, 6) is -0.133. The van der Waals surface area contributed by atoms with Gasteiger partial charge >= 0.3 is 5.69 Å². The molecule has 1 aromatic carbocycles. The summed E-state index contributed by atoms with van der Waals surface area (Å²) in [7, 11) is 0. The molecule has 6 heteroatoms. The van der Waals surface area contributed by atoms with Crippen LogP contribution in [0.2, 0.25) is 5.02 Å². The molecule has 0 heterocycles. The number of halogens is 2. The topological polar surface area (TPSA) is 52.4 Å². The van der Waals surface area contributed by atoms with E-state index in [0.717, 1.165) is 0 Å². The molecule has 0 amide bonds. The standard InChI is InChI=1S/C6H3Cl2NO3/c7-4-2-1-3-5(9(10)11)6(4)12-8/h1-3H. The average molecular weight is 208 g/mol. The molecule has 0 fully saturated rings. The maximum atomic E-state index is 10.3. The lowest BCUT2D eigenvalue weighted by atomic mass is 10.3. The second-order valence-electron chi connectivity index (χ2n) is 1.92. The Hall–Kier alpha value is -1.000. The lowest BCUT2D eigenvalue weighted by Gasteiger charge is -1.99. The highest BCUT2D eigenvalue weighted by Crippen LogP contribution is 2.34. The van der Waals surface area contributed by atoms with Crippen LogP contribution in [0.25, 0.3) is 0 Å². The van der Waals surface area contributed by atoms with Crippen LogP contribution in [0.4, 0.5) is 5.69 Å². The molecule has 0 aliphatic carbocycles. The van der Waals surface area contributed by atoms with Crippen molar-refractivity contribution in [3.05, 3.63) is 33.3 Å². The number of nitro benzene ring substituents is 1. The summed E-state index contributed by atoms with van der Waals surface area (Å²) in [6, 6.07) is 4.15. The van der Waals surface area contributed by atoms with Gasteiger partial charge in [0.15, 0.2) is 0 Å². The number of nitro groups is 1. The van der Waals surface area contributed by atoms with Crippen molar-refractivity contribution in [3.63, 3.8) is 0 Å². The highest BCUT2D eigenvalue weighted by atomic mass is 35.5. The third-order valence-electron chi connectivity index (χ3n) is 1.22. The molecule has 0 spiro atoms. The molecule has 0 N–H and O–H groups in total. The van der Waals surface area contributed by atoms with E-state index in [-0.39, 0.29) is 16.5 Å². The number of benzene rings is 1. The van der Waals surface area contributed by atoms with Gasteiger partial charge in [-0.15, -0.1) is 0 Å². The summed E-state index contributed by atoms with van der Waals surface area (Å²) in [6.45, 7) is 0. The molecule has 12 heavy (non-hydrogen) atoms. The van der Waals surface area contributed by atoms with Crippen molar-refractivity contribution in [1.82, 2.24) is 0 Å². The Labute approximate surface area is 78.0 Å². The van der Waals surface area contributed by atoms with E-state index >= 15 is 0 Å². The highest BCUT2D eigenvalue weighted by molar-refractivity contribution is 6.32. The minimum Gasteiger partial charge on any atom is -0.377 e. The second-order valence-corrected chi connectivity index (χ2v) is 2.48. The van der Waals surface area contributed by atoms with Crippen molar-refractivity contribution in [2.75, 3.05) is 0 Å². The second kappa shape index (κ2) is 3.60. The van der Waals surface area contributed by atoms with E-state index in [0.29, 0.717) is 0 Å². The van der Waals surface area contributed by atoms with Gasteiger partial charge in [-0.1, -0.05) is 17.7 Å². The summed E-state index contributed by atoms with van der Waals surface area (Å²) in [4.78, 5) is 9.72. The molecule has 1 aromatic rings. The fourth-order valence-electron chi connectivity index (χ4n) is 0.718. The molecule has 0 aromatic heterocycles. The van der Waals surface area contributed by atoms with E-state index in [2.05, 4.69) is 4.29 Å². The molecule has 64 valence electrons. The lowest BCUT2D eigenvalue weighted by Crippen LogP contribution is -1.90. The lowest BCUT2D eigenvalue weighted by molar-refractivity contribution is -0.385. The SMILES string of the molecule is O=[N+]([O-])c1cccc(Cl)c1OCl. The zero-order valence-corrected chi connectivity index (χ0v) is 7.17. The van der Waals surface area contributed by atoms with Gasteiger partial charge in [0.05, 0.1) is 9.95 Å². The van der Waals surface area contributed by atoms with Crippen LogP contribution in [-0.4, -0.2) is 4.92 Å². The summed E-state index contributed by atoms with van der Waals surface area (Å²) in [5.41, 5.74) is -0.252. The van der Waals surface area contributed by atoms with Gasteiger partial charge in [0.25, 0.3) is 0 Å². The van der Waals surface area contributed by atoms with E-state index in [1.165, 1.54) is 18.2 Å². The number of para-hydroxylation sites is 1. The zero-order chi connectivity index (χ0) is 9.14. The van der Waals surface area contributed by atoms with Gasteiger partial charge in [0.2, 0.25) is 5.75 Å². The fourth-order valence-corrected chi connectivity index (χ4v) is 1.13. The maximum absolute atomic E-state index is 10.3. The largest absolute Gasteiger partial charge is 0.377 e. The van der Waals surface area contributed by atoms with E-state index in [9.17, 15) is 10.1 Å². The smallest absolute Gasteiger partial charge is 0.314 e. The summed E-state index contributed by atoms with van der Waals surface area (Å²) >= 11 is 10.6. The number of hydrogen-bond donors (Lipinski definition) is 0. The average Bonchev–Trinajstić information content (AvgIpc) is 2.03. The number of rotatable bonds is 2. The van der Waals surface area contributed by atoms with E-state index < -0.39 is 4.92 Å². The van der Waals surface area contributed by atoms with Gasteiger partial charge in [-0.05, 0) is 6.07 Å². The third kappa shape index (κ3) is 1.60. The normalized spacial score (nSPS) is 9.50. The van der Waals surface area contributed by atoms with Crippen molar-refractivity contribution in [3.8, 4) is 5.75 Å². The highest BCUT2D eigenvalue weighted by Gasteiger charge is 2.17. The van der Waals surface area contributed by atoms with Crippen LogP contribution < -0.4 is 4.29 Å². The summed E-state index contributed by atoms with van der Waals surface area (Å²) in [5, 5.41) is 10.5. The number of hydrogen-bond acceptors (Lipinski definition) is 3. The Morgan fingerprint density at radius 3 is 2.58 bits per heavy atom. The first-order chi connectivity index (χ1) is 5.66. The Morgan fingerprint density at radius 1 is 1.50 bits per heavy atom. The van der Waals surface area contributed by atoms with Crippen LogP contribution >= 0.6 is 23.5 Å². The Balaban J connectivity index is 3.27. The third-order valence-corrected chi connectivity index (χ3v) is 1.67. The fraction of sp³-hybridized carbons (Fsp3) is 0. The summed E-state index contributed by atoms with van der Waals surface area (Å²) < 4.78 is 4.24. The quantitative estimate of drug-likeness (QED) is 0.554. The zero-order valence-electron chi connectivity index (χ0n) is 5.66. The number of nitrogens with zero attached hydrogens (tertiary/aromatic N) is 1. The van der Waals surface area contributed by atoms with Crippen LogP contribution in [0, 0.1) is 10.1 Å². The minimum atomic E-state index is -0.621. The Morgan fingerprint density at radius 2 is 2.17 bits per heavy atom. The molecule has 0 aliphatic heterocycles. The van der Waals surface area contributed by atoms with Crippen molar-refractivity contribution >= 4 is 29.2 Å². The predicted molar refractivity (Wildman–Crippen MR) is 44.6 cm³/mol. The predicted octanol–water partition coefficient (Wildman–Crippen LogP) is 2.78. The molecule has 0 saturated carbocycles. The van der Waals surface area contributed by atoms with Crippen molar-refractivity contribution < 1.29 is 9.21 Å². The first-order valence-electron chi connectivity index (χ1n) is 2.88. The van der Waals surface area contributed by atoms with Crippen LogP contribution in [0.5, 0.6) is 5.75 Å². The van der Waals surface area contributed by atoms with E-state index in [1.54, 1.807) is 0 Å². The van der Waals surface area contributed by atoms with E-state index in [1.807, 2.05) is 0 Å². The molecule has 0 aliphatic rings. The molecule has 1 rings (SSSR count). The van der Waals surface area contributed by atoms with Crippen LogP contribution in [-0.2, 0) is 0 Å². The van der Waals surface area contributed by atoms with Crippen LogP contribution in [0.3, 0.4) is 0 Å². The molecule has 4 nitrogen and oxygen atoms in total. The maximum Gasteiger partial charge on any atom is 0.314 e. The molecular weight excluding hydrogens is 205 g/mol. The van der Waals surface area contributed by atoms with Crippen molar-refractivity contribution in [2.24, 2.45) is 0 Å². The van der Waals surface area contributed by atoms with E-state index in [4.69, 9.17) is 23.5 Å². The molecule has 0 radical (unpaired) electrons. The molecule has 0 bridgehead atoms. The molecule has 0 saturated heterocycles. The van der Waals surface area contributed by atoms with Gasteiger partial charge < -0.3 is 4.29 Å². The molecular formula is C6H3Cl2NO3. The van der Waals surface area contributed by atoms with Crippen molar-refractivity contribution in [2.45, 2.75) is 0 Å². The Bertz CT molecular complexity index is 316. The van der Waals surface area contributed by atoms with Gasteiger partial charge in [-0.25, -0.2) is 0 Å². The van der Waals surface area contributed by atoms with Gasteiger partial charge in [0.1, 0.15) is 11.9 Å². The first-order valence-corrected chi connectivity index (χ1v) is 3.57. The van der Waals surface area contributed by atoms with Gasteiger partial charge in [0, 0.05) is 6.07 Å². The first kappa shape index (κ1) is 9.09. The van der Waals surface area contributed by atoms with Crippen molar-refractivity contribution in [1.29, 1.82) is 0 Å². The van der Waals surface area contributed by atoms with Crippen LogP contribution in [0.15, 0.2) is 18.2 Å². The molecule has 0 unspecified atom stereocenters.